The lowest BCUT2D eigenvalue weighted by molar-refractivity contribution is -0.118. The van der Waals surface area contributed by atoms with Gasteiger partial charge >= 0.3 is 5.97 Å². The Balaban J connectivity index is 1.85. The summed E-state index contributed by atoms with van der Waals surface area (Å²) in [5.41, 5.74) is 3.45. The summed E-state index contributed by atoms with van der Waals surface area (Å²) in [4.78, 5) is 30.9. The van der Waals surface area contributed by atoms with E-state index in [1.165, 1.54) is 12.7 Å². The standard InChI is InChI=1S/C21H25N3O4/c1-3-15-5-4-6-16(11-15)17-12-18(20(22-13-17)21(26)27-2)23-19(25)14-24-7-9-28-10-8-24/h4-6,11-13H,3,7-10,14H2,1-2H3,(H,23,25). The Labute approximate surface area is 164 Å². The second-order valence-corrected chi connectivity index (χ2v) is 6.60. The Bertz CT molecular complexity index is 847. The van der Waals surface area contributed by atoms with Gasteiger partial charge in [-0.25, -0.2) is 9.78 Å². The van der Waals surface area contributed by atoms with E-state index in [1.807, 2.05) is 17.0 Å². The van der Waals surface area contributed by atoms with E-state index in [1.54, 1.807) is 12.3 Å². The number of pyridine rings is 1. The van der Waals surface area contributed by atoms with Crippen molar-refractivity contribution >= 4 is 17.6 Å². The normalized spacial score (nSPS) is 14.5. The van der Waals surface area contributed by atoms with Crippen molar-refractivity contribution in [2.45, 2.75) is 13.3 Å². The van der Waals surface area contributed by atoms with E-state index in [9.17, 15) is 9.59 Å². The third-order valence-corrected chi connectivity index (χ3v) is 4.68. The highest BCUT2D eigenvalue weighted by molar-refractivity contribution is 6.01. The molecule has 1 aliphatic rings. The first-order valence-corrected chi connectivity index (χ1v) is 9.38. The van der Waals surface area contributed by atoms with Crippen LogP contribution in [-0.2, 0) is 20.7 Å². The molecule has 0 atom stereocenters. The number of hydrogen-bond acceptors (Lipinski definition) is 6. The van der Waals surface area contributed by atoms with Crippen LogP contribution in [0.15, 0.2) is 36.5 Å². The Hall–Kier alpha value is -2.77. The maximum Gasteiger partial charge on any atom is 0.358 e. The van der Waals surface area contributed by atoms with Gasteiger partial charge in [0, 0.05) is 24.8 Å². The van der Waals surface area contributed by atoms with Gasteiger partial charge in [-0.3, -0.25) is 9.69 Å². The minimum Gasteiger partial charge on any atom is -0.464 e. The summed E-state index contributed by atoms with van der Waals surface area (Å²) in [6, 6.07) is 9.87. The zero-order chi connectivity index (χ0) is 19.9. The van der Waals surface area contributed by atoms with Crippen molar-refractivity contribution in [1.29, 1.82) is 0 Å². The second kappa shape index (κ2) is 9.43. The molecule has 0 spiro atoms. The Morgan fingerprint density at radius 3 is 2.71 bits per heavy atom. The topological polar surface area (TPSA) is 80.8 Å². The fourth-order valence-corrected chi connectivity index (χ4v) is 3.10. The zero-order valence-corrected chi connectivity index (χ0v) is 16.2. The molecule has 148 valence electrons. The van der Waals surface area contributed by atoms with Gasteiger partial charge in [-0.1, -0.05) is 31.2 Å². The van der Waals surface area contributed by atoms with Gasteiger partial charge in [-0.15, -0.1) is 0 Å². The third kappa shape index (κ3) is 4.94. The Morgan fingerprint density at radius 2 is 2.00 bits per heavy atom. The van der Waals surface area contributed by atoms with Crippen molar-refractivity contribution in [2.24, 2.45) is 0 Å². The maximum absolute atomic E-state index is 12.5. The minimum absolute atomic E-state index is 0.0909. The van der Waals surface area contributed by atoms with Crippen molar-refractivity contribution in [3.8, 4) is 11.1 Å². The molecule has 0 saturated carbocycles. The Kier molecular flexibility index (Phi) is 6.73. The molecule has 0 radical (unpaired) electrons. The largest absolute Gasteiger partial charge is 0.464 e. The smallest absolute Gasteiger partial charge is 0.358 e. The van der Waals surface area contributed by atoms with Gasteiger partial charge in [0.25, 0.3) is 0 Å². The Morgan fingerprint density at radius 1 is 1.21 bits per heavy atom. The minimum atomic E-state index is -0.587. The summed E-state index contributed by atoms with van der Waals surface area (Å²) in [6.07, 6.45) is 2.54. The van der Waals surface area contributed by atoms with Gasteiger partial charge in [0.05, 0.1) is 32.6 Å². The molecule has 0 aliphatic carbocycles. The molecular weight excluding hydrogens is 358 g/mol. The van der Waals surface area contributed by atoms with Crippen LogP contribution in [-0.4, -0.2) is 61.7 Å². The third-order valence-electron chi connectivity index (χ3n) is 4.68. The number of nitrogens with one attached hydrogen (secondary N) is 1. The lowest BCUT2D eigenvalue weighted by Gasteiger charge is -2.25. The van der Waals surface area contributed by atoms with Gasteiger partial charge in [0.15, 0.2) is 5.69 Å². The number of carbonyl (C=O) groups excluding carboxylic acids is 2. The van der Waals surface area contributed by atoms with Crippen LogP contribution in [0.5, 0.6) is 0 Å². The highest BCUT2D eigenvalue weighted by atomic mass is 16.5. The quantitative estimate of drug-likeness (QED) is 0.772. The first-order valence-electron chi connectivity index (χ1n) is 9.38. The molecule has 1 aromatic carbocycles. The average molecular weight is 383 g/mol. The number of benzene rings is 1. The van der Waals surface area contributed by atoms with E-state index in [2.05, 4.69) is 29.4 Å². The van der Waals surface area contributed by atoms with Gasteiger partial charge in [-0.2, -0.15) is 0 Å². The molecule has 1 aromatic heterocycles. The van der Waals surface area contributed by atoms with Gasteiger partial charge in [0.1, 0.15) is 0 Å². The summed E-state index contributed by atoms with van der Waals surface area (Å²) < 4.78 is 10.1. The van der Waals surface area contributed by atoms with Crippen molar-refractivity contribution in [2.75, 3.05) is 45.3 Å². The van der Waals surface area contributed by atoms with E-state index >= 15 is 0 Å². The number of rotatable bonds is 6. The number of carbonyl (C=O) groups is 2. The lowest BCUT2D eigenvalue weighted by Crippen LogP contribution is -2.41. The summed E-state index contributed by atoms with van der Waals surface area (Å²) in [7, 11) is 1.29. The van der Waals surface area contributed by atoms with E-state index in [0.29, 0.717) is 32.0 Å². The highest BCUT2D eigenvalue weighted by Crippen LogP contribution is 2.25. The van der Waals surface area contributed by atoms with Crippen LogP contribution in [0.25, 0.3) is 11.1 Å². The van der Waals surface area contributed by atoms with Crippen LogP contribution in [0.4, 0.5) is 5.69 Å². The molecule has 1 amide bonds. The number of nitrogens with zero attached hydrogens (tertiary/aromatic N) is 2. The summed E-state index contributed by atoms with van der Waals surface area (Å²) in [5, 5.41) is 2.83. The number of hydrogen-bond donors (Lipinski definition) is 1. The number of ether oxygens (including phenoxy) is 2. The molecule has 1 fully saturated rings. The monoisotopic (exact) mass is 383 g/mol. The lowest BCUT2D eigenvalue weighted by atomic mass is 10.0. The van der Waals surface area contributed by atoms with Crippen LogP contribution in [0, 0.1) is 0 Å². The molecule has 28 heavy (non-hydrogen) atoms. The number of methoxy groups -OCH3 is 1. The van der Waals surface area contributed by atoms with Crippen molar-refractivity contribution in [3.05, 3.63) is 47.8 Å². The fraction of sp³-hybridized carbons (Fsp3) is 0.381. The predicted molar refractivity (Wildman–Crippen MR) is 106 cm³/mol. The van der Waals surface area contributed by atoms with E-state index in [0.717, 1.165) is 17.5 Å². The van der Waals surface area contributed by atoms with Crippen molar-refractivity contribution in [3.63, 3.8) is 0 Å². The van der Waals surface area contributed by atoms with E-state index < -0.39 is 5.97 Å². The molecule has 0 unspecified atom stereocenters. The fourth-order valence-electron chi connectivity index (χ4n) is 3.10. The number of aryl methyl sites for hydroxylation is 1. The van der Waals surface area contributed by atoms with Crippen LogP contribution in [0.2, 0.25) is 0 Å². The molecule has 0 bridgehead atoms. The first-order chi connectivity index (χ1) is 13.6. The molecule has 7 nitrogen and oxygen atoms in total. The summed E-state index contributed by atoms with van der Waals surface area (Å²) in [5.74, 6) is -0.788. The molecule has 2 heterocycles. The number of aromatic nitrogens is 1. The molecule has 1 saturated heterocycles. The zero-order valence-electron chi connectivity index (χ0n) is 16.2. The van der Waals surface area contributed by atoms with Gasteiger partial charge < -0.3 is 14.8 Å². The van der Waals surface area contributed by atoms with Gasteiger partial charge in [-0.05, 0) is 23.6 Å². The average Bonchev–Trinajstić information content (AvgIpc) is 2.73. The SMILES string of the molecule is CCc1cccc(-c2cnc(C(=O)OC)c(NC(=O)CN3CCOCC3)c2)c1. The van der Waals surface area contributed by atoms with Crippen LogP contribution >= 0.6 is 0 Å². The van der Waals surface area contributed by atoms with Gasteiger partial charge in [0.2, 0.25) is 5.91 Å². The summed E-state index contributed by atoms with van der Waals surface area (Å²) >= 11 is 0. The number of anilines is 1. The van der Waals surface area contributed by atoms with Crippen LogP contribution in [0.3, 0.4) is 0 Å². The van der Waals surface area contributed by atoms with E-state index in [4.69, 9.17) is 9.47 Å². The maximum atomic E-state index is 12.5. The molecule has 7 heteroatoms. The van der Waals surface area contributed by atoms with Crippen LogP contribution < -0.4 is 5.32 Å². The van der Waals surface area contributed by atoms with Crippen LogP contribution in [0.1, 0.15) is 23.0 Å². The number of morpholine rings is 1. The molecule has 1 aliphatic heterocycles. The molecule has 3 rings (SSSR count). The molecule has 1 N–H and O–H groups in total. The molecule has 2 aromatic rings. The number of amides is 1. The summed E-state index contributed by atoms with van der Waals surface area (Å²) in [6.45, 7) is 4.98. The van der Waals surface area contributed by atoms with Crippen molar-refractivity contribution in [1.82, 2.24) is 9.88 Å². The molecular formula is C21H25N3O4. The predicted octanol–water partition coefficient (Wildman–Crippen LogP) is 2.37. The van der Waals surface area contributed by atoms with Crippen molar-refractivity contribution < 1.29 is 19.1 Å². The highest BCUT2D eigenvalue weighted by Gasteiger charge is 2.19. The second-order valence-electron chi connectivity index (χ2n) is 6.60. The first kappa shape index (κ1) is 20.0. The van der Waals surface area contributed by atoms with E-state index in [-0.39, 0.29) is 18.1 Å². The number of esters is 1.